The molecule has 2 rings (SSSR count). The van der Waals surface area contributed by atoms with E-state index in [0.717, 1.165) is 18.5 Å². The number of hydrogen-bond donors (Lipinski definition) is 2. The van der Waals surface area contributed by atoms with Crippen molar-refractivity contribution in [3.63, 3.8) is 0 Å². The smallest absolute Gasteiger partial charge is 0.0994 e. The molecule has 1 aliphatic heterocycles. The molecule has 0 unspecified atom stereocenters. The molecule has 0 bridgehead atoms. The van der Waals surface area contributed by atoms with Gasteiger partial charge >= 0.3 is 0 Å². The van der Waals surface area contributed by atoms with Gasteiger partial charge in [-0.1, -0.05) is 0 Å². The molecule has 2 atom stereocenters. The van der Waals surface area contributed by atoms with Crippen molar-refractivity contribution in [2.24, 2.45) is 5.73 Å². The zero-order valence-corrected chi connectivity index (χ0v) is 6.86. The Hall–Kier alpha value is -0.870. The molecule has 3 N–H and O–H groups in total. The van der Waals surface area contributed by atoms with Crippen molar-refractivity contribution in [1.29, 1.82) is 0 Å². The molecule has 12 heavy (non-hydrogen) atoms. The maximum Gasteiger partial charge on any atom is 0.0994 e. The Kier molecular flexibility index (Phi) is 2.10. The van der Waals surface area contributed by atoms with Gasteiger partial charge in [-0.2, -0.15) is 5.10 Å². The second kappa shape index (κ2) is 3.25. The van der Waals surface area contributed by atoms with E-state index in [1.165, 1.54) is 0 Å². The van der Waals surface area contributed by atoms with Crippen LogP contribution in [0, 0.1) is 0 Å². The normalized spacial score (nSPS) is 29.4. The van der Waals surface area contributed by atoms with Crippen LogP contribution in [0.5, 0.6) is 0 Å². The van der Waals surface area contributed by atoms with Gasteiger partial charge in [0, 0.05) is 12.7 Å². The second-order valence-corrected chi connectivity index (χ2v) is 3.07. The van der Waals surface area contributed by atoms with Gasteiger partial charge in [0.2, 0.25) is 0 Å². The summed E-state index contributed by atoms with van der Waals surface area (Å²) in [4.78, 5) is 0. The summed E-state index contributed by atoms with van der Waals surface area (Å²) in [6, 6.07) is 1.95. The van der Waals surface area contributed by atoms with Gasteiger partial charge in [-0.25, -0.2) is 0 Å². The maximum absolute atomic E-state index is 5.66. The summed E-state index contributed by atoms with van der Waals surface area (Å²) in [5.41, 5.74) is 6.56. The Labute approximate surface area is 71.1 Å². The lowest BCUT2D eigenvalue weighted by Gasteiger charge is -2.09. The minimum absolute atomic E-state index is 0.182. The van der Waals surface area contributed by atoms with E-state index in [2.05, 4.69) is 10.2 Å². The molecule has 0 spiro atoms. The van der Waals surface area contributed by atoms with Crippen LogP contribution in [0.1, 0.15) is 24.6 Å². The average molecular weight is 167 g/mol. The van der Waals surface area contributed by atoms with E-state index in [4.69, 9.17) is 10.5 Å². The Balaban J connectivity index is 2.00. The molecule has 4 heteroatoms. The second-order valence-electron chi connectivity index (χ2n) is 3.07. The van der Waals surface area contributed by atoms with E-state index in [1.54, 1.807) is 6.20 Å². The summed E-state index contributed by atoms with van der Waals surface area (Å²) in [6.45, 7) is 0.616. The SMILES string of the molecule is NC[C@H]1CC[C@H](c2ccn[nH]2)O1. The van der Waals surface area contributed by atoms with E-state index < -0.39 is 0 Å². The highest BCUT2D eigenvalue weighted by atomic mass is 16.5. The van der Waals surface area contributed by atoms with Gasteiger partial charge in [-0.3, -0.25) is 5.10 Å². The molecule has 0 radical (unpaired) electrons. The number of rotatable bonds is 2. The third-order valence-corrected chi connectivity index (χ3v) is 2.24. The third-order valence-electron chi connectivity index (χ3n) is 2.24. The average Bonchev–Trinajstić information content (AvgIpc) is 2.75. The molecule has 0 aromatic carbocycles. The Morgan fingerprint density at radius 2 is 2.58 bits per heavy atom. The molecule has 1 aliphatic rings. The lowest BCUT2D eigenvalue weighted by Crippen LogP contribution is -2.18. The Morgan fingerprint density at radius 1 is 1.67 bits per heavy atom. The minimum Gasteiger partial charge on any atom is -0.367 e. The summed E-state index contributed by atoms with van der Waals surface area (Å²) in [5.74, 6) is 0. The maximum atomic E-state index is 5.66. The van der Waals surface area contributed by atoms with Crippen LogP contribution in [0.3, 0.4) is 0 Å². The molecule has 1 fully saturated rings. The van der Waals surface area contributed by atoms with Gasteiger partial charge in [-0.05, 0) is 18.9 Å². The van der Waals surface area contributed by atoms with Crippen molar-refractivity contribution in [2.75, 3.05) is 6.54 Å². The monoisotopic (exact) mass is 167 g/mol. The van der Waals surface area contributed by atoms with Gasteiger partial charge < -0.3 is 10.5 Å². The number of nitrogens with one attached hydrogen (secondary N) is 1. The first-order valence-electron chi connectivity index (χ1n) is 4.25. The van der Waals surface area contributed by atoms with Gasteiger partial charge in [0.25, 0.3) is 0 Å². The van der Waals surface area contributed by atoms with Crippen LogP contribution in [0.25, 0.3) is 0 Å². The van der Waals surface area contributed by atoms with Crippen LogP contribution >= 0.6 is 0 Å². The predicted octanol–water partition coefficient (Wildman–Crippen LogP) is 0.588. The van der Waals surface area contributed by atoms with Crippen LogP contribution in [0.2, 0.25) is 0 Å². The Bertz CT molecular complexity index is 234. The fourth-order valence-electron chi connectivity index (χ4n) is 1.55. The highest BCUT2D eigenvalue weighted by molar-refractivity contribution is 5.03. The number of aromatic amines is 1. The zero-order chi connectivity index (χ0) is 8.39. The van der Waals surface area contributed by atoms with Crippen LogP contribution in [-0.2, 0) is 4.74 Å². The number of nitrogens with two attached hydrogens (primary N) is 1. The summed E-state index contributed by atoms with van der Waals surface area (Å²) in [6.07, 6.45) is 4.26. The van der Waals surface area contributed by atoms with Gasteiger partial charge in [-0.15, -0.1) is 0 Å². The molecule has 1 aromatic heterocycles. The quantitative estimate of drug-likeness (QED) is 0.677. The molecule has 0 saturated carbocycles. The standard InChI is InChI=1S/C8H13N3O/c9-5-6-1-2-8(12-6)7-3-4-10-11-7/h3-4,6,8H,1-2,5,9H2,(H,10,11)/t6-,8-/m1/s1. The fraction of sp³-hybridized carbons (Fsp3) is 0.625. The highest BCUT2D eigenvalue weighted by Gasteiger charge is 2.25. The largest absolute Gasteiger partial charge is 0.367 e. The molecule has 1 aromatic rings. The number of nitrogens with zero attached hydrogens (tertiary/aromatic N) is 1. The summed E-state index contributed by atoms with van der Waals surface area (Å²) < 4.78 is 5.66. The van der Waals surface area contributed by atoms with E-state index in [0.29, 0.717) is 6.54 Å². The molecular weight excluding hydrogens is 154 g/mol. The third kappa shape index (κ3) is 1.35. The first-order valence-corrected chi connectivity index (χ1v) is 4.25. The number of H-pyrrole nitrogens is 1. The van der Waals surface area contributed by atoms with Gasteiger partial charge in [0.1, 0.15) is 0 Å². The van der Waals surface area contributed by atoms with Crippen LogP contribution < -0.4 is 5.73 Å². The van der Waals surface area contributed by atoms with E-state index in [-0.39, 0.29) is 12.2 Å². The van der Waals surface area contributed by atoms with Crippen molar-refractivity contribution in [1.82, 2.24) is 10.2 Å². The van der Waals surface area contributed by atoms with Crippen molar-refractivity contribution in [3.8, 4) is 0 Å². The Morgan fingerprint density at radius 3 is 3.17 bits per heavy atom. The lowest BCUT2D eigenvalue weighted by molar-refractivity contribution is 0.0474. The van der Waals surface area contributed by atoms with E-state index >= 15 is 0 Å². The molecule has 4 nitrogen and oxygen atoms in total. The van der Waals surface area contributed by atoms with Crippen molar-refractivity contribution >= 4 is 0 Å². The molecule has 1 saturated heterocycles. The first kappa shape index (κ1) is 7.76. The van der Waals surface area contributed by atoms with Crippen molar-refractivity contribution in [2.45, 2.75) is 25.0 Å². The summed E-state index contributed by atoms with van der Waals surface area (Å²) >= 11 is 0. The molecule has 66 valence electrons. The highest BCUT2D eigenvalue weighted by Crippen LogP contribution is 2.30. The lowest BCUT2D eigenvalue weighted by atomic mass is 10.1. The fourth-order valence-corrected chi connectivity index (χ4v) is 1.55. The first-order chi connectivity index (χ1) is 5.90. The number of ether oxygens (including phenoxy) is 1. The summed E-state index contributed by atoms with van der Waals surface area (Å²) in [5, 5.41) is 6.79. The van der Waals surface area contributed by atoms with Crippen LogP contribution in [-0.4, -0.2) is 22.8 Å². The predicted molar refractivity (Wildman–Crippen MR) is 44.5 cm³/mol. The van der Waals surface area contributed by atoms with E-state index in [9.17, 15) is 0 Å². The van der Waals surface area contributed by atoms with Crippen molar-refractivity contribution in [3.05, 3.63) is 18.0 Å². The summed E-state index contributed by atoms with van der Waals surface area (Å²) in [7, 11) is 0. The van der Waals surface area contributed by atoms with Crippen LogP contribution in [0.15, 0.2) is 12.3 Å². The number of hydrogen-bond acceptors (Lipinski definition) is 3. The van der Waals surface area contributed by atoms with Crippen molar-refractivity contribution < 1.29 is 4.74 Å². The molecule has 0 aliphatic carbocycles. The van der Waals surface area contributed by atoms with E-state index in [1.807, 2.05) is 6.07 Å². The zero-order valence-electron chi connectivity index (χ0n) is 6.86. The number of aromatic nitrogens is 2. The molecular formula is C8H13N3O. The molecule has 2 heterocycles. The van der Waals surface area contributed by atoms with Crippen LogP contribution in [0.4, 0.5) is 0 Å². The van der Waals surface area contributed by atoms with Gasteiger partial charge in [0.15, 0.2) is 0 Å². The van der Waals surface area contributed by atoms with Gasteiger partial charge in [0.05, 0.1) is 17.9 Å². The topological polar surface area (TPSA) is 63.9 Å². The minimum atomic E-state index is 0.182. The molecule has 0 amide bonds.